The highest BCUT2D eigenvalue weighted by Gasteiger charge is 2.08. The summed E-state index contributed by atoms with van der Waals surface area (Å²) in [6, 6.07) is 6.78. The Morgan fingerprint density at radius 3 is 2.11 bits per heavy atom. The van der Waals surface area contributed by atoms with E-state index in [9.17, 15) is 8.42 Å². The van der Waals surface area contributed by atoms with E-state index in [1.54, 1.807) is 54.6 Å². The fourth-order valence-corrected chi connectivity index (χ4v) is 2.20. The van der Waals surface area contributed by atoms with Gasteiger partial charge in [-0.3, -0.25) is 0 Å². The SMILES string of the molecule is C=C/C=C/C=C/C=C/S(=O)(=O)c1ccc(C)cc1. The minimum Gasteiger partial charge on any atom is -0.219 e. The number of allylic oxidation sites excluding steroid dienone is 6. The first-order valence-electron chi connectivity index (χ1n) is 5.50. The molecule has 1 aromatic rings. The molecule has 1 aromatic carbocycles. The van der Waals surface area contributed by atoms with Gasteiger partial charge in [0.15, 0.2) is 9.84 Å². The molecule has 1 rings (SSSR count). The first kappa shape index (κ1) is 14.2. The number of hydrogen-bond donors (Lipinski definition) is 0. The Balaban J connectivity index is 2.79. The lowest BCUT2D eigenvalue weighted by Crippen LogP contribution is -1.95. The molecule has 0 N–H and O–H groups in total. The maximum Gasteiger partial charge on any atom is 0.199 e. The molecule has 0 aliphatic rings. The van der Waals surface area contributed by atoms with E-state index in [0.29, 0.717) is 4.90 Å². The number of rotatable bonds is 5. The van der Waals surface area contributed by atoms with Crippen LogP contribution in [0.2, 0.25) is 0 Å². The van der Waals surface area contributed by atoms with Crippen molar-refractivity contribution in [2.24, 2.45) is 0 Å². The summed E-state index contributed by atoms with van der Waals surface area (Å²) >= 11 is 0. The van der Waals surface area contributed by atoms with Crippen molar-refractivity contribution in [3.05, 3.63) is 78.3 Å². The number of benzene rings is 1. The molecule has 0 saturated heterocycles. The summed E-state index contributed by atoms with van der Waals surface area (Å²) in [5, 5.41) is 1.19. The zero-order chi connectivity index (χ0) is 13.4. The fraction of sp³-hybridized carbons (Fsp3) is 0.0667. The van der Waals surface area contributed by atoms with Gasteiger partial charge in [-0.1, -0.05) is 60.7 Å². The minimum absolute atomic E-state index is 0.305. The molecule has 94 valence electrons. The van der Waals surface area contributed by atoms with Crippen LogP contribution in [0.15, 0.2) is 77.6 Å². The van der Waals surface area contributed by atoms with Gasteiger partial charge in [-0.15, -0.1) is 0 Å². The van der Waals surface area contributed by atoms with Crippen LogP contribution in [0.4, 0.5) is 0 Å². The van der Waals surface area contributed by atoms with Crippen molar-refractivity contribution in [3.8, 4) is 0 Å². The maximum atomic E-state index is 11.9. The quantitative estimate of drug-likeness (QED) is 0.758. The molecular weight excluding hydrogens is 244 g/mol. The molecule has 0 aliphatic carbocycles. The topological polar surface area (TPSA) is 34.1 Å². The first-order chi connectivity index (χ1) is 8.56. The van der Waals surface area contributed by atoms with Crippen molar-refractivity contribution in [3.63, 3.8) is 0 Å². The van der Waals surface area contributed by atoms with Gasteiger partial charge < -0.3 is 0 Å². The van der Waals surface area contributed by atoms with Gasteiger partial charge in [0.1, 0.15) is 0 Å². The van der Waals surface area contributed by atoms with E-state index < -0.39 is 9.84 Å². The number of aryl methyl sites for hydroxylation is 1. The fourth-order valence-electron chi connectivity index (χ4n) is 1.23. The first-order valence-corrected chi connectivity index (χ1v) is 7.05. The number of hydrogen-bond acceptors (Lipinski definition) is 2. The lowest BCUT2D eigenvalue weighted by Gasteiger charge is -1.98. The Morgan fingerprint density at radius 1 is 0.944 bits per heavy atom. The molecule has 0 aromatic heterocycles. The highest BCUT2D eigenvalue weighted by atomic mass is 32.2. The number of sulfone groups is 1. The molecule has 0 fully saturated rings. The van der Waals surface area contributed by atoms with Gasteiger partial charge in [0, 0.05) is 5.41 Å². The van der Waals surface area contributed by atoms with Crippen LogP contribution in [0.25, 0.3) is 0 Å². The lowest BCUT2D eigenvalue weighted by atomic mass is 10.2. The van der Waals surface area contributed by atoms with Crippen molar-refractivity contribution in [2.45, 2.75) is 11.8 Å². The van der Waals surface area contributed by atoms with Crippen LogP contribution in [0, 0.1) is 6.92 Å². The molecule has 0 atom stereocenters. The molecule has 2 nitrogen and oxygen atoms in total. The molecule has 0 amide bonds. The van der Waals surface area contributed by atoms with E-state index in [1.165, 1.54) is 11.5 Å². The van der Waals surface area contributed by atoms with Gasteiger partial charge in [0.25, 0.3) is 0 Å². The summed E-state index contributed by atoms with van der Waals surface area (Å²) in [5.41, 5.74) is 1.03. The van der Waals surface area contributed by atoms with Crippen LogP contribution in [0.3, 0.4) is 0 Å². The van der Waals surface area contributed by atoms with Crippen molar-refractivity contribution in [1.29, 1.82) is 0 Å². The summed E-state index contributed by atoms with van der Waals surface area (Å²) in [7, 11) is -3.35. The molecule has 0 bridgehead atoms. The molecule has 0 aliphatic heterocycles. The summed E-state index contributed by atoms with van der Waals surface area (Å²) in [6.45, 7) is 5.45. The van der Waals surface area contributed by atoms with Gasteiger partial charge in [0.05, 0.1) is 4.90 Å². The van der Waals surface area contributed by atoms with E-state index in [2.05, 4.69) is 6.58 Å². The van der Waals surface area contributed by atoms with Crippen molar-refractivity contribution in [1.82, 2.24) is 0 Å². The smallest absolute Gasteiger partial charge is 0.199 e. The van der Waals surface area contributed by atoms with Gasteiger partial charge >= 0.3 is 0 Å². The second-order valence-electron chi connectivity index (χ2n) is 3.69. The van der Waals surface area contributed by atoms with Crippen molar-refractivity contribution >= 4 is 9.84 Å². The zero-order valence-corrected chi connectivity index (χ0v) is 11.1. The van der Waals surface area contributed by atoms with E-state index in [-0.39, 0.29) is 0 Å². The van der Waals surface area contributed by atoms with Crippen molar-refractivity contribution < 1.29 is 8.42 Å². The van der Waals surface area contributed by atoms with E-state index >= 15 is 0 Å². The third-order valence-electron chi connectivity index (χ3n) is 2.19. The van der Waals surface area contributed by atoms with Crippen LogP contribution < -0.4 is 0 Å². The molecular formula is C15H16O2S. The van der Waals surface area contributed by atoms with E-state index in [0.717, 1.165) is 5.56 Å². The molecule has 0 unspecified atom stereocenters. The Morgan fingerprint density at radius 2 is 1.50 bits per heavy atom. The van der Waals surface area contributed by atoms with Gasteiger partial charge in [-0.05, 0) is 19.1 Å². The Labute approximate surface area is 109 Å². The normalized spacial score (nSPS) is 12.7. The Bertz CT molecular complexity index is 573. The van der Waals surface area contributed by atoms with Crippen LogP contribution in [-0.2, 0) is 9.84 Å². The van der Waals surface area contributed by atoms with E-state index in [1.807, 2.05) is 6.92 Å². The highest BCUT2D eigenvalue weighted by Crippen LogP contribution is 2.12. The molecule has 0 radical (unpaired) electrons. The zero-order valence-electron chi connectivity index (χ0n) is 10.3. The van der Waals surface area contributed by atoms with Crippen molar-refractivity contribution in [2.75, 3.05) is 0 Å². The third kappa shape index (κ3) is 4.55. The minimum atomic E-state index is -3.35. The van der Waals surface area contributed by atoms with Gasteiger partial charge in [-0.2, -0.15) is 0 Å². The van der Waals surface area contributed by atoms with Crippen LogP contribution in [0.1, 0.15) is 5.56 Å². The third-order valence-corrected chi connectivity index (χ3v) is 3.63. The second kappa shape index (κ2) is 6.77. The summed E-state index contributed by atoms with van der Waals surface area (Å²) in [6.07, 6.45) is 10.1. The molecule has 0 heterocycles. The largest absolute Gasteiger partial charge is 0.219 e. The Kier molecular flexibility index (Phi) is 5.33. The predicted octanol–water partition coefficient (Wildman–Crippen LogP) is 3.58. The standard InChI is InChI=1S/C15H16O2S/c1-3-4-5-6-7-8-13-18(16,17)15-11-9-14(2)10-12-15/h3-13H,1H2,2H3/b5-4+,7-6+,13-8+. The monoisotopic (exact) mass is 260 g/mol. The Hall–Kier alpha value is -1.87. The predicted molar refractivity (Wildman–Crippen MR) is 76.0 cm³/mol. The summed E-state index contributed by atoms with van der Waals surface area (Å²) in [4.78, 5) is 0.305. The van der Waals surface area contributed by atoms with E-state index in [4.69, 9.17) is 0 Å². The molecule has 3 heteroatoms. The van der Waals surface area contributed by atoms with Gasteiger partial charge in [0.2, 0.25) is 0 Å². The maximum absolute atomic E-state index is 11.9. The second-order valence-corrected chi connectivity index (χ2v) is 5.53. The molecule has 18 heavy (non-hydrogen) atoms. The van der Waals surface area contributed by atoms with Crippen LogP contribution in [-0.4, -0.2) is 8.42 Å². The average molecular weight is 260 g/mol. The van der Waals surface area contributed by atoms with Gasteiger partial charge in [-0.25, -0.2) is 8.42 Å². The van der Waals surface area contributed by atoms with Crippen LogP contribution >= 0.6 is 0 Å². The molecule has 0 spiro atoms. The summed E-state index contributed by atoms with van der Waals surface area (Å²) < 4.78 is 23.8. The lowest BCUT2D eigenvalue weighted by molar-refractivity contribution is 0.604. The van der Waals surface area contributed by atoms with Crippen LogP contribution in [0.5, 0.6) is 0 Å². The average Bonchev–Trinajstić information content (AvgIpc) is 2.34. The molecule has 0 saturated carbocycles. The summed E-state index contributed by atoms with van der Waals surface area (Å²) in [5.74, 6) is 0. The highest BCUT2D eigenvalue weighted by molar-refractivity contribution is 7.94.